The molecule has 23 heavy (non-hydrogen) atoms. The van der Waals surface area contributed by atoms with Gasteiger partial charge in [0.2, 0.25) is 5.88 Å². The average Bonchev–Trinajstić information content (AvgIpc) is 2.92. The molecule has 0 aromatic carbocycles. The van der Waals surface area contributed by atoms with E-state index >= 15 is 0 Å². The summed E-state index contributed by atoms with van der Waals surface area (Å²) in [6, 6.07) is 5.64. The molecule has 0 saturated heterocycles. The zero-order valence-corrected chi connectivity index (χ0v) is 13.2. The molecule has 3 heterocycles. The second-order valence-electron chi connectivity index (χ2n) is 4.81. The highest BCUT2D eigenvalue weighted by Crippen LogP contribution is 2.16. The van der Waals surface area contributed by atoms with E-state index in [2.05, 4.69) is 31.7 Å². The maximum atomic E-state index is 5.23. The lowest BCUT2D eigenvalue weighted by Gasteiger charge is -2.02. The maximum Gasteiger partial charge on any atom is 0.210 e. The first-order valence-electron chi connectivity index (χ1n) is 7.06. The van der Waals surface area contributed by atoms with E-state index in [9.17, 15) is 0 Å². The smallest absolute Gasteiger partial charge is 0.210 e. The summed E-state index contributed by atoms with van der Waals surface area (Å²) in [5.74, 6) is 1.10. The lowest BCUT2D eigenvalue weighted by atomic mass is 10.3. The van der Waals surface area contributed by atoms with E-state index in [-0.39, 0.29) is 0 Å². The summed E-state index contributed by atoms with van der Waals surface area (Å²) in [7, 11) is 1.56. The van der Waals surface area contributed by atoms with Gasteiger partial charge in [-0.15, -0.1) is 10.2 Å². The van der Waals surface area contributed by atoms with Gasteiger partial charge in [0, 0.05) is 6.20 Å². The number of hydrogen-bond donors (Lipinski definition) is 0. The van der Waals surface area contributed by atoms with Crippen LogP contribution in [-0.2, 0) is 4.74 Å². The highest BCUT2D eigenvalue weighted by atomic mass is 16.5. The Morgan fingerprint density at radius 1 is 1.35 bits per heavy atom. The van der Waals surface area contributed by atoms with E-state index in [1.54, 1.807) is 23.8 Å². The van der Waals surface area contributed by atoms with Gasteiger partial charge in [-0.2, -0.15) is 4.99 Å². The Morgan fingerprint density at radius 3 is 2.83 bits per heavy atom. The quantitative estimate of drug-likeness (QED) is 0.675. The minimum atomic E-state index is 0.434. The molecule has 0 fully saturated rings. The Morgan fingerprint density at radius 2 is 2.17 bits per heavy atom. The summed E-state index contributed by atoms with van der Waals surface area (Å²) < 4.78 is 7.03. The molecule has 0 amide bonds. The van der Waals surface area contributed by atoms with Crippen LogP contribution in [0.15, 0.2) is 41.3 Å². The number of hydrogen-bond acceptors (Lipinski definition) is 6. The predicted octanol–water partition coefficient (Wildman–Crippen LogP) is 1.03. The van der Waals surface area contributed by atoms with Gasteiger partial charge in [-0.25, -0.2) is 4.98 Å². The molecule has 0 aliphatic heterocycles. The van der Waals surface area contributed by atoms with Gasteiger partial charge in [0.05, 0.1) is 12.8 Å². The Bertz CT molecular complexity index is 991. The average molecular weight is 308 g/mol. The predicted molar refractivity (Wildman–Crippen MR) is 85.8 cm³/mol. The van der Waals surface area contributed by atoms with Crippen LogP contribution < -0.4 is 10.8 Å². The summed E-state index contributed by atoms with van der Waals surface area (Å²) in [6.45, 7) is 7.63. The molecule has 0 saturated carbocycles. The number of ether oxygens (including phenoxy) is 1. The molecule has 0 aliphatic rings. The molecule has 7 nitrogen and oxygen atoms in total. The molecule has 3 rings (SSSR count). The van der Waals surface area contributed by atoms with Crippen LogP contribution in [0.25, 0.3) is 23.7 Å². The fourth-order valence-corrected chi connectivity index (χ4v) is 2.23. The molecule has 0 radical (unpaired) electrons. The van der Waals surface area contributed by atoms with Crippen LogP contribution in [0.3, 0.4) is 0 Å². The van der Waals surface area contributed by atoms with E-state index in [0.29, 0.717) is 28.2 Å². The number of fused-ring (bicyclic) bond motifs is 1. The van der Waals surface area contributed by atoms with Crippen molar-refractivity contribution in [3.63, 3.8) is 0 Å². The number of pyridine rings is 1. The Kier molecular flexibility index (Phi) is 3.84. The van der Waals surface area contributed by atoms with Crippen LogP contribution in [0.4, 0.5) is 0 Å². The van der Waals surface area contributed by atoms with Crippen LogP contribution in [0, 0.1) is 6.92 Å². The Labute approximate surface area is 132 Å². The van der Waals surface area contributed by atoms with Crippen molar-refractivity contribution in [3.8, 4) is 11.5 Å². The molecule has 0 spiro atoms. The van der Waals surface area contributed by atoms with Crippen molar-refractivity contribution in [2.75, 3.05) is 7.11 Å². The third-order valence-electron chi connectivity index (χ3n) is 3.32. The summed E-state index contributed by atoms with van der Waals surface area (Å²) in [5.41, 5.74) is 2.60. The highest BCUT2D eigenvalue weighted by molar-refractivity contribution is 5.58. The van der Waals surface area contributed by atoms with Gasteiger partial charge in [0.15, 0.2) is 17.0 Å². The second-order valence-corrected chi connectivity index (χ2v) is 4.81. The standard InChI is InChI=1S/C16H16N6O/c1-5-13(23-4)19-14-11(3)20-21-15-10(2)18-16(22(14)15)12-8-6-7-9-17-12/h5-9H,3H2,1-2,4H3. The van der Waals surface area contributed by atoms with Gasteiger partial charge in [-0.05, 0) is 32.1 Å². The van der Waals surface area contributed by atoms with Crippen molar-refractivity contribution in [3.05, 3.63) is 52.9 Å². The molecule has 0 N–H and O–H groups in total. The van der Waals surface area contributed by atoms with Gasteiger partial charge < -0.3 is 4.74 Å². The van der Waals surface area contributed by atoms with Gasteiger partial charge in [-0.1, -0.05) is 12.6 Å². The molecule has 3 aromatic heterocycles. The number of aryl methyl sites for hydroxylation is 1. The summed E-state index contributed by atoms with van der Waals surface area (Å²) in [4.78, 5) is 13.4. The normalized spacial score (nSPS) is 12.8. The third-order valence-corrected chi connectivity index (χ3v) is 3.32. The lowest BCUT2D eigenvalue weighted by molar-refractivity contribution is 0.284. The molecule has 7 heteroatoms. The topological polar surface area (TPSA) is 77.6 Å². The van der Waals surface area contributed by atoms with Crippen LogP contribution in [0.2, 0.25) is 0 Å². The van der Waals surface area contributed by atoms with Crippen molar-refractivity contribution < 1.29 is 4.74 Å². The zero-order chi connectivity index (χ0) is 16.4. The maximum absolute atomic E-state index is 5.23. The summed E-state index contributed by atoms with van der Waals surface area (Å²) in [6.07, 6.45) is 3.48. The van der Waals surface area contributed by atoms with Crippen LogP contribution in [0.5, 0.6) is 0 Å². The van der Waals surface area contributed by atoms with Crippen LogP contribution in [0.1, 0.15) is 12.6 Å². The number of methoxy groups -OCH3 is 1. The molecule has 116 valence electrons. The molecule has 0 bridgehead atoms. The van der Waals surface area contributed by atoms with E-state index in [0.717, 1.165) is 11.4 Å². The first-order chi connectivity index (χ1) is 11.2. The monoisotopic (exact) mass is 308 g/mol. The van der Waals surface area contributed by atoms with E-state index < -0.39 is 0 Å². The number of nitrogens with zero attached hydrogens (tertiary/aromatic N) is 6. The van der Waals surface area contributed by atoms with Crippen molar-refractivity contribution in [1.82, 2.24) is 24.6 Å². The summed E-state index contributed by atoms with van der Waals surface area (Å²) >= 11 is 0. The van der Waals surface area contributed by atoms with E-state index in [4.69, 9.17) is 4.74 Å². The Balaban J connectivity index is 2.45. The highest BCUT2D eigenvalue weighted by Gasteiger charge is 2.14. The molecule has 3 aromatic rings. The lowest BCUT2D eigenvalue weighted by Crippen LogP contribution is -2.35. The van der Waals surface area contributed by atoms with Gasteiger partial charge in [-0.3, -0.25) is 9.38 Å². The molecule has 0 atom stereocenters. The van der Waals surface area contributed by atoms with E-state index in [1.807, 2.05) is 32.0 Å². The fourth-order valence-electron chi connectivity index (χ4n) is 2.23. The number of rotatable bonds is 3. The minimum absolute atomic E-state index is 0.434. The van der Waals surface area contributed by atoms with Crippen molar-refractivity contribution in [2.45, 2.75) is 13.8 Å². The minimum Gasteiger partial charge on any atom is -0.481 e. The van der Waals surface area contributed by atoms with Crippen molar-refractivity contribution >= 4 is 12.2 Å². The zero-order valence-electron chi connectivity index (χ0n) is 13.2. The fraction of sp³-hybridized carbons (Fsp3) is 0.188. The number of aromatic nitrogens is 5. The summed E-state index contributed by atoms with van der Waals surface area (Å²) in [5, 5.41) is 8.70. The van der Waals surface area contributed by atoms with Crippen LogP contribution >= 0.6 is 0 Å². The van der Waals surface area contributed by atoms with Crippen LogP contribution in [-0.4, -0.2) is 31.7 Å². The molecule has 0 unspecified atom stereocenters. The van der Waals surface area contributed by atoms with Gasteiger partial charge in [0.25, 0.3) is 0 Å². The van der Waals surface area contributed by atoms with Crippen molar-refractivity contribution in [1.29, 1.82) is 0 Å². The molecular weight excluding hydrogens is 292 g/mol. The van der Waals surface area contributed by atoms with Crippen molar-refractivity contribution in [2.24, 2.45) is 4.99 Å². The number of allylic oxidation sites excluding steroid dienone is 1. The number of imidazole rings is 1. The first-order valence-corrected chi connectivity index (χ1v) is 7.06. The molecule has 0 aliphatic carbocycles. The second kappa shape index (κ2) is 5.96. The van der Waals surface area contributed by atoms with Gasteiger partial charge in [0.1, 0.15) is 11.0 Å². The van der Waals surface area contributed by atoms with E-state index in [1.165, 1.54) is 0 Å². The Hall–Kier alpha value is -3.09. The largest absolute Gasteiger partial charge is 0.481 e. The SMILES string of the molecule is C=c1nnc2c(C)nc(-c3ccccn3)n2c1=NC(=CC)OC. The third kappa shape index (κ3) is 2.57. The molecular formula is C16H16N6O. The first kappa shape index (κ1) is 14.8. The van der Waals surface area contributed by atoms with Gasteiger partial charge >= 0.3 is 0 Å².